The zero-order chi connectivity index (χ0) is 22.2. The summed E-state index contributed by atoms with van der Waals surface area (Å²) in [6, 6.07) is 3.71. The number of alkyl halides is 3. The number of amides is 1. The topological polar surface area (TPSA) is 96.2 Å². The molecule has 1 fully saturated rings. The summed E-state index contributed by atoms with van der Waals surface area (Å²) >= 11 is 0. The van der Waals surface area contributed by atoms with Crippen molar-refractivity contribution in [1.82, 2.24) is 24.6 Å². The molecule has 4 rings (SSSR count). The summed E-state index contributed by atoms with van der Waals surface area (Å²) in [5.74, 6) is -0.818. The number of nitrogens with zero attached hydrogens (tertiary/aromatic N) is 5. The van der Waals surface area contributed by atoms with E-state index in [9.17, 15) is 27.5 Å². The van der Waals surface area contributed by atoms with E-state index in [1.807, 2.05) is 0 Å². The van der Waals surface area contributed by atoms with Crippen LogP contribution >= 0.6 is 0 Å². The van der Waals surface area contributed by atoms with Gasteiger partial charge in [0.15, 0.2) is 5.82 Å². The van der Waals surface area contributed by atoms with E-state index in [1.165, 1.54) is 23.2 Å². The van der Waals surface area contributed by atoms with Crippen LogP contribution in [0, 0.1) is 5.82 Å². The first-order valence-electron chi connectivity index (χ1n) is 9.49. The van der Waals surface area contributed by atoms with Crippen molar-refractivity contribution in [1.29, 1.82) is 0 Å². The number of pyridine rings is 2. The van der Waals surface area contributed by atoms with Crippen LogP contribution in [-0.2, 0) is 6.54 Å². The predicted octanol–water partition coefficient (Wildman–Crippen LogP) is 2.87. The van der Waals surface area contributed by atoms with Crippen LogP contribution in [0.3, 0.4) is 0 Å². The van der Waals surface area contributed by atoms with Crippen LogP contribution in [0.25, 0.3) is 10.9 Å². The Morgan fingerprint density at radius 2 is 2.06 bits per heavy atom. The Kier molecular flexibility index (Phi) is 5.48. The van der Waals surface area contributed by atoms with Gasteiger partial charge in [0.1, 0.15) is 23.9 Å². The number of carbonyl (C=O) groups is 1. The first kappa shape index (κ1) is 21.0. The molecule has 1 amide bonds. The van der Waals surface area contributed by atoms with Gasteiger partial charge in [-0.25, -0.2) is 9.37 Å². The lowest BCUT2D eigenvalue weighted by Gasteiger charge is -2.29. The van der Waals surface area contributed by atoms with Gasteiger partial charge in [-0.2, -0.15) is 18.3 Å². The van der Waals surface area contributed by atoms with Gasteiger partial charge in [0.05, 0.1) is 23.2 Å². The second-order valence-corrected chi connectivity index (χ2v) is 7.24. The van der Waals surface area contributed by atoms with Crippen molar-refractivity contribution in [3.8, 4) is 0 Å². The summed E-state index contributed by atoms with van der Waals surface area (Å²) in [7, 11) is 0. The number of anilines is 2. The van der Waals surface area contributed by atoms with Crippen molar-refractivity contribution in [3.05, 3.63) is 42.1 Å². The number of likely N-dealkylation sites (tertiary alicyclic amines) is 1. The Balaban J connectivity index is 1.71. The van der Waals surface area contributed by atoms with Gasteiger partial charge in [0.2, 0.25) is 0 Å². The third-order valence-electron chi connectivity index (χ3n) is 4.84. The van der Waals surface area contributed by atoms with Crippen LogP contribution in [0.15, 0.2) is 30.6 Å². The molecule has 0 spiro atoms. The van der Waals surface area contributed by atoms with Crippen molar-refractivity contribution in [2.45, 2.75) is 31.7 Å². The third kappa shape index (κ3) is 4.74. The van der Waals surface area contributed by atoms with Crippen molar-refractivity contribution < 1.29 is 27.5 Å². The minimum Gasteiger partial charge on any atom is -0.391 e. The first-order chi connectivity index (χ1) is 14.7. The number of rotatable bonds is 4. The first-order valence-corrected chi connectivity index (χ1v) is 9.49. The monoisotopic (exact) mass is 438 g/mol. The molecule has 1 atom stereocenters. The van der Waals surface area contributed by atoms with E-state index in [4.69, 9.17) is 0 Å². The number of nitrogens with one attached hydrogen (secondary N) is 1. The Hall–Kier alpha value is -3.28. The molecule has 12 heteroatoms. The number of hydrogen-bond donors (Lipinski definition) is 2. The fourth-order valence-corrected chi connectivity index (χ4v) is 3.44. The smallest absolute Gasteiger partial charge is 0.391 e. The number of aromatic nitrogens is 4. The zero-order valence-electron chi connectivity index (χ0n) is 16.1. The molecule has 0 bridgehead atoms. The number of hydrogen-bond acceptors (Lipinski definition) is 6. The number of aliphatic hydroxyl groups is 1. The van der Waals surface area contributed by atoms with E-state index in [2.05, 4.69) is 20.4 Å². The fraction of sp³-hybridized carbons (Fsp3) is 0.368. The number of halogens is 4. The highest BCUT2D eigenvalue weighted by Crippen LogP contribution is 2.28. The van der Waals surface area contributed by atoms with Crippen molar-refractivity contribution in [2.24, 2.45) is 0 Å². The number of β-amino-alcohol motifs (C(OH)–C–C–N with tert-alkyl or cyclic N) is 1. The SMILES string of the molecule is O=C(c1cc2c(cn1)c(Nc1ccc(F)cn1)nn2CC(F)(F)F)N1CCC[C@H](O)C1. The maximum absolute atomic E-state index is 13.1. The molecule has 3 aromatic rings. The molecule has 3 aromatic heterocycles. The Morgan fingerprint density at radius 3 is 2.74 bits per heavy atom. The molecule has 0 aliphatic carbocycles. The molecule has 0 saturated carbocycles. The van der Waals surface area contributed by atoms with Crippen LogP contribution in [0.4, 0.5) is 29.2 Å². The summed E-state index contributed by atoms with van der Waals surface area (Å²) in [6.07, 6.45) is -1.76. The Morgan fingerprint density at radius 1 is 1.26 bits per heavy atom. The highest BCUT2D eigenvalue weighted by Gasteiger charge is 2.31. The van der Waals surface area contributed by atoms with Gasteiger partial charge in [0, 0.05) is 19.3 Å². The van der Waals surface area contributed by atoms with Crippen molar-refractivity contribution in [2.75, 3.05) is 18.4 Å². The van der Waals surface area contributed by atoms with Gasteiger partial charge >= 0.3 is 6.18 Å². The van der Waals surface area contributed by atoms with Gasteiger partial charge in [-0.15, -0.1) is 0 Å². The Bertz CT molecular complexity index is 1100. The van der Waals surface area contributed by atoms with E-state index in [-0.39, 0.29) is 34.8 Å². The summed E-state index contributed by atoms with van der Waals surface area (Å²) in [6.45, 7) is -0.800. The van der Waals surface area contributed by atoms with Crippen LogP contribution < -0.4 is 5.32 Å². The number of fused-ring (bicyclic) bond motifs is 1. The molecule has 4 heterocycles. The lowest BCUT2D eigenvalue weighted by Crippen LogP contribution is -2.42. The van der Waals surface area contributed by atoms with E-state index in [0.29, 0.717) is 19.4 Å². The number of piperidine rings is 1. The van der Waals surface area contributed by atoms with Crippen LogP contribution in [0.1, 0.15) is 23.3 Å². The zero-order valence-corrected chi connectivity index (χ0v) is 16.1. The normalized spacial score (nSPS) is 17.2. The van der Waals surface area contributed by atoms with Gasteiger partial charge in [-0.1, -0.05) is 0 Å². The third-order valence-corrected chi connectivity index (χ3v) is 4.84. The minimum atomic E-state index is -4.55. The lowest BCUT2D eigenvalue weighted by molar-refractivity contribution is -0.141. The number of carbonyl (C=O) groups excluding carboxylic acids is 1. The highest BCUT2D eigenvalue weighted by molar-refractivity contribution is 5.98. The van der Waals surface area contributed by atoms with Crippen LogP contribution in [0.2, 0.25) is 0 Å². The molecule has 0 aromatic carbocycles. The highest BCUT2D eigenvalue weighted by atomic mass is 19.4. The van der Waals surface area contributed by atoms with Crippen molar-refractivity contribution in [3.63, 3.8) is 0 Å². The largest absolute Gasteiger partial charge is 0.408 e. The van der Waals surface area contributed by atoms with E-state index in [1.54, 1.807) is 0 Å². The molecule has 0 unspecified atom stereocenters. The lowest BCUT2D eigenvalue weighted by atomic mass is 10.1. The van der Waals surface area contributed by atoms with Crippen molar-refractivity contribution >= 4 is 28.4 Å². The average molecular weight is 438 g/mol. The minimum absolute atomic E-state index is 0.0400. The summed E-state index contributed by atoms with van der Waals surface area (Å²) in [5, 5.41) is 16.7. The standard InChI is InChI=1S/C19H18F4N6O2/c20-11-3-4-16(25-7-11)26-17-13-8-24-14(18(31)28-5-1-2-12(30)9-28)6-15(13)29(27-17)10-19(21,22)23/h3-4,6-8,12,30H,1-2,5,9-10H2,(H,25,26,27)/t12-/m0/s1. The van der Waals surface area contributed by atoms with E-state index >= 15 is 0 Å². The molecule has 0 radical (unpaired) electrons. The summed E-state index contributed by atoms with van der Waals surface area (Å²) < 4.78 is 53.1. The maximum Gasteiger partial charge on any atom is 0.408 e. The molecule has 1 aliphatic heterocycles. The van der Waals surface area contributed by atoms with E-state index in [0.717, 1.165) is 16.9 Å². The molecule has 164 valence electrons. The van der Waals surface area contributed by atoms with Gasteiger partial charge < -0.3 is 15.3 Å². The van der Waals surface area contributed by atoms with E-state index < -0.39 is 30.5 Å². The fourth-order valence-electron chi connectivity index (χ4n) is 3.44. The number of aliphatic hydroxyl groups excluding tert-OH is 1. The average Bonchev–Trinajstić information content (AvgIpc) is 3.04. The molecular formula is C19H18F4N6O2. The molecule has 1 saturated heterocycles. The molecule has 31 heavy (non-hydrogen) atoms. The second-order valence-electron chi connectivity index (χ2n) is 7.24. The van der Waals surface area contributed by atoms with Crippen LogP contribution in [0.5, 0.6) is 0 Å². The predicted molar refractivity (Wildman–Crippen MR) is 102 cm³/mol. The second kappa shape index (κ2) is 8.10. The quantitative estimate of drug-likeness (QED) is 0.609. The van der Waals surface area contributed by atoms with Gasteiger partial charge in [0.25, 0.3) is 5.91 Å². The maximum atomic E-state index is 13.1. The van der Waals surface area contributed by atoms with Gasteiger partial charge in [-0.3, -0.25) is 14.5 Å². The molecule has 2 N–H and O–H groups in total. The molecular weight excluding hydrogens is 420 g/mol. The van der Waals surface area contributed by atoms with Crippen LogP contribution in [-0.4, -0.2) is 61.0 Å². The Labute approximate surface area is 173 Å². The summed E-state index contributed by atoms with van der Waals surface area (Å²) in [4.78, 5) is 22.1. The van der Waals surface area contributed by atoms with Gasteiger partial charge in [-0.05, 0) is 31.0 Å². The molecule has 8 nitrogen and oxygen atoms in total. The molecule has 1 aliphatic rings. The summed E-state index contributed by atoms with van der Waals surface area (Å²) in [5.41, 5.74) is 0.00854.